The summed E-state index contributed by atoms with van der Waals surface area (Å²) in [5.41, 5.74) is -4.14. The first-order valence-corrected chi connectivity index (χ1v) is 10.1. The maximum atomic E-state index is 12.6. The van der Waals surface area contributed by atoms with Crippen LogP contribution in [0.15, 0.2) is 17.4 Å². The third-order valence-corrected chi connectivity index (χ3v) is 6.08. The molecule has 154 valence electrons. The Morgan fingerprint density at radius 1 is 1.33 bits per heavy atom. The fourth-order valence-electron chi connectivity index (χ4n) is 2.89. The van der Waals surface area contributed by atoms with Gasteiger partial charge in [0.15, 0.2) is 5.96 Å². The molecule has 1 aliphatic rings. The maximum Gasteiger partial charge on any atom is 0.511 e. The highest BCUT2D eigenvalue weighted by Gasteiger charge is 2.50. The normalized spacial score (nSPS) is 17.9. The van der Waals surface area contributed by atoms with Crippen molar-refractivity contribution in [1.29, 1.82) is 0 Å². The van der Waals surface area contributed by atoms with Gasteiger partial charge in [-0.3, -0.25) is 9.67 Å². The Labute approximate surface area is 156 Å². The van der Waals surface area contributed by atoms with Gasteiger partial charge in [-0.1, -0.05) is 0 Å². The Balaban J connectivity index is 1.72. The monoisotopic (exact) mass is 410 g/mol. The zero-order valence-electron chi connectivity index (χ0n) is 15.3. The van der Waals surface area contributed by atoms with Crippen LogP contribution in [0.4, 0.5) is 13.2 Å². The van der Waals surface area contributed by atoms with Crippen molar-refractivity contribution in [3.63, 3.8) is 0 Å². The van der Waals surface area contributed by atoms with Gasteiger partial charge in [-0.2, -0.15) is 22.6 Å². The molecule has 0 aliphatic carbocycles. The largest absolute Gasteiger partial charge is 0.511 e. The molecule has 1 saturated heterocycles. The predicted molar refractivity (Wildman–Crippen MR) is 95.5 cm³/mol. The van der Waals surface area contributed by atoms with E-state index in [-0.39, 0.29) is 19.0 Å². The average molecular weight is 410 g/mol. The number of aliphatic imine (C=N–C) groups is 1. The van der Waals surface area contributed by atoms with Crippen molar-refractivity contribution in [2.75, 3.05) is 33.2 Å². The molecule has 1 aliphatic heterocycles. The molecule has 1 aromatic heterocycles. The van der Waals surface area contributed by atoms with Gasteiger partial charge in [-0.15, -0.1) is 0 Å². The van der Waals surface area contributed by atoms with Gasteiger partial charge in [0.25, 0.3) is 0 Å². The van der Waals surface area contributed by atoms with Crippen LogP contribution in [0.3, 0.4) is 0 Å². The Morgan fingerprint density at radius 3 is 2.52 bits per heavy atom. The zero-order valence-corrected chi connectivity index (χ0v) is 16.1. The highest BCUT2D eigenvalue weighted by molar-refractivity contribution is 7.90. The highest BCUT2D eigenvalue weighted by atomic mass is 32.2. The standard InChI is InChI=1S/C15H25F3N6O2S/c1-19-14(20-6-3-13-10-22-23(2)11-13)21-9-12-4-7-24(8-5-12)27(25,26)15(16,17)18/h10-12H,3-9H2,1-2H3,(H2,19,20,21). The van der Waals surface area contributed by atoms with Gasteiger partial charge < -0.3 is 10.6 Å². The summed E-state index contributed by atoms with van der Waals surface area (Å²) in [6.45, 7) is 0.933. The van der Waals surface area contributed by atoms with E-state index >= 15 is 0 Å². The third kappa shape index (κ3) is 5.83. The first-order chi connectivity index (χ1) is 12.6. The Bertz CT molecular complexity index is 739. The van der Waals surface area contributed by atoms with Gasteiger partial charge in [-0.25, -0.2) is 8.42 Å². The molecule has 2 rings (SSSR count). The van der Waals surface area contributed by atoms with Crippen molar-refractivity contribution in [2.24, 2.45) is 18.0 Å². The second-order valence-electron chi connectivity index (χ2n) is 6.45. The number of hydrogen-bond donors (Lipinski definition) is 2. The summed E-state index contributed by atoms with van der Waals surface area (Å²) in [5, 5.41) is 10.4. The Morgan fingerprint density at radius 2 is 2.00 bits per heavy atom. The van der Waals surface area contributed by atoms with Crippen LogP contribution in [0.25, 0.3) is 0 Å². The fraction of sp³-hybridized carbons (Fsp3) is 0.733. The maximum absolute atomic E-state index is 12.6. The summed E-state index contributed by atoms with van der Waals surface area (Å²) in [6.07, 6.45) is 5.24. The second kappa shape index (κ2) is 8.91. The summed E-state index contributed by atoms with van der Waals surface area (Å²) in [4.78, 5) is 4.11. The lowest BCUT2D eigenvalue weighted by molar-refractivity contribution is -0.0496. The molecule has 0 spiro atoms. The molecule has 0 saturated carbocycles. The molecule has 12 heteroatoms. The van der Waals surface area contributed by atoms with Crippen LogP contribution in [0.2, 0.25) is 0 Å². The smallest absolute Gasteiger partial charge is 0.356 e. The minimum absolute atomic E-state index is 0.0848. The van der Waals surface area contributed by atoms with Crippen molar-refractivity contribution < 1.29 is 21.6 Å². The number of sulfonamides is 1. The minimum atomic E-state index is -5.24. The molecule has 0 radical (unpaired) electrons. The van der Waals surface area contributed by atoms with Crippen LogP contribution in [-0.2, 0) is 23.5 Å². The quantitative estimate of drug-likeness (QED) is 0.532. The average Bonchev–Trinajstić information content (AvgIpc) is 3.02. The topological polar surface area (TPSA) is 91.6 Å². The van der Waals surface area contributed by atoms with Gasteiger partial charge in [0.1, 0.15) is 0 Å². The van der Waals surface area contributed by atoms with Crippen LogP contribution in [0, 0.1) is 5.92 Å². The SMILES string of the molecule is CN=C(NCCc1cnn(C)c1)NCC1CCN(S(=O)(=O)C(F)(F)F)CC1. The number of hydrogen-bond acceptors (Lipinski definition) is 4. The van der Waals surface area contributed by atoms with E-state index in [4.69, 9.17) is 0 Å². The number of nitrogens with zero attached hydrogens (tertiary/aromatic N) is 4. The molecular weight excluding hydrogens is 385 g/mol. The second-order valence-corrected chi connectivity index (χ2v) is 8.37. The molecule has 1 fully saturated rings. The molecule has 0 amide bonds. The number of alkyl halides is 3. The van der Waals surface area contributed by atoms with E-state index in [2.05, 4.69) is 20.7 Å². The Hall–Kier alpha value is -1.82. The number of nitrogens with one attached hydrogen (secondary N) is 2. The van der Waals surface area contributed by atoms with E-state index < -0.39 is 15.5 Å². The van der Waals surface area contributed by atoms with Gasteiger partial charge in [0.2, 0.25) is 0 Å². The molecule has 27 heavy (non-hydrogen) atoms. The molecule has 0 aromatic carbocycles. The first kappa shape index (κ1) is 21.5. The van der Waals surface area contributed by atoms with Crippen molar-refractivity contribution in [2.45, 2.75) is 24.8 Å². The van der Waals surface area contributed by atoms with E-state index in [1.165, 1.54) is 0 Å². The number of aryl methyl sites for hydroxylation is 1. The molecule has 0 atom stereocenters. The van der Waals surface area contributed by atoms with Gasteiger partial charge in [-0.05, 0) is 30.7 Å². The third-order valence-electron chi connectivity index (χ3n) is 4.45. The molecule has 1 aromatic rings. The van der Waals surface area contributed by atoms with E-state index in [9.17, 15) is 21.6 Å². The lowest BCUT2D eigenvalue weighted by Gasteiger charge is -2.31. The van der Waals surface area contributed by atoms with E-state index in [1.807, 2.05) is 13.2 Å². The van der Waals surface area contributed by atoms with Gasteiger partial charge in [0, 0.05) is 46.5 Å². The van der Waals surface area contributed by atoms with Crippen molar-refractivity contribution in [3.8, 4) is 0 Å². The van der Waals surface area contributed by atoms with E-state index in [0.717, 1.165) is 12.0 Å². The highest BCUT2D eigenvalue weighted by Crippen LogP contribution is 2.30. The number of rotatable bonds is 6. The van der Waals surface area contributed by atoms with Crippen LogP contribution in [0.1, 0.15) is 18.4 Å². The number of halogens is 3. The van der Waals surface area contributed by atoms with Gasteiger partial charge in [0.05, 0.1) is 6.20 Å². The van der Waals surface area contributed by atoms with E-state index in [1.54, 1.807) is 17.9 Å². The molecule has 2 N–H and O–H groups in total. The van der Waals surface area contributed by atoms with Crippen molar-refractivity contribution in [1.82, 2.24) is 24.7 Å². The summed E-state index contributed by atoms with van der Waals surface area (Å²) >= 11 is 0. The molecular formula is C15H25F3N6O2S. The van der Waals surface area contributed by atoms with Crippen molar-refractivity contribution in [3.05, 3.63) is 18.0 Å². The summed E-state index contributed by atoms with van der Waals surface area (Å²) in [6, 6.07) is 0. The van der Waals surface area contributed by atoms with Crippen LogP contribution in [0.5, 0.6) is 0 Å². The molecule has 2 heterocycles. The lowest BCUT2D eigenvalue weighted by atomic mass is 9.98. The number of aromatic nitrogens is 2. The molecule has 0 bridgehead atoms. The zero-order chi connectivity index (χ0) is 20.1. The summed E-state index contributed by atoms with van der Waals surface area (Å²) in [5.74, 6) is 0.686. The molecule has 0 unspecified atom stereocenters. The minimum Gasteiger partial charge on any atom is -0.356 e. The van der Waals surface area contributed by atoms with Crippen LogP contribution >= 0.6 is 0 Å². The number of piperidine rings is 1. The summed E-state index contributed by atoms with van der Waals surface area (Å²) in [7, 11) is -1.74. The number of guanidine groups is 1. The van der Waals surface area contributed by atoms with Gasteiger partial charge >= 0.3 is 15.5 Å². The van der Waals surface area contributed by atoms with Crippen LogP contribution in [-0.4, -0.2) is 67.2 Å². The Kier molecular flexibility index (Phi) is 7.09. The predicted octanol–water partition coefficient (Wildman–Crippen LogP) is 0.689. The first-order valence-electron chi connectivity index (χ1n) is 8.62. The summed E-state index contributed by atoms with van der Waals surface area (Å²) < 4.78 is 62.8. The van der Waals surface area contributed by atoms with E-state index in [0.29, 0.717) is 36.2 Å². The van der Waals surface area contributed by atoms with Crippen molar-refractivity contribution >= 4 is 16.0 Å². The fourth-order valence-corrected chi connectivity index (χ4v) is 3.87. The van der Waals surface area contributed by atoms with Crippen LogP contribution < -0.4 is 10.6 Å². The lowest BCUT2D eigenvalue weighted by Crippen LogP contribution is -2.47. The molecule has 8 nitrogen and oxygen atoms in total.